The molecule has 1 saturated heterocycles. The van der Waals surface area contributed by atoms with Gasteiger partial charge in [0.15, 0.2) is 11.6 Å². The van der Waals surface area contributed by atoms with Gasteiger partial charge in [-0.25, -0.2) is 4.39 Å². The number of carbonyl (C=O) groups excluding carboxylic acids is 1. The van der Waals surface area contributed by atoms with E-state index < -0.39 is 11.4 Å². The van der Waals surface area contributed by atoms with Gasteiger partial charge in [-0.05, 0) is 38.1 Å². The van der Waals surface area contributed by atoms with Gasteiger partial charge < -0.3 is 14.4 Å². The van der Waals surface area contributed by atoms with E-state index in [0.717, 1.165) is 22.6 Å². The molecule has 1 aromatic heterocycles. The molecule has 0 aliphatic carbocycles. The van der Waals surface area contributed by atoms with Crippen LogP contribution in [0, 0.1) is 5.82 Å². The van der Waals surface area contributed by atoms with Crippen LogP contribution in [0.15, 0.2) is 48.7 Å². The average Bonchev–Trinajstić information content (AvgIpc) is 3.26. The van der Waals surface area contributed by atoms with E-state index in [0.29, 0.717) is 25.9 Å². The van der Waals surface area contributed by atoms with E-state index in [-0.39, 0.29) is 23.3 Å². The number of nitrogens with zero attached hydrogens (tertiary/aromatic N) is 3. The molecule has 2 aliphatic rings. The molecule has 0 unspecified atom stereocenters. The number of fused-ring (bicyclic) bond motifs is 4. The highest BCUT2D eigenvalue weighted by atomic mass is 19.1. The molecule has 166 valence electrons. The van der Waals surface area contributed by atoms with E-state index >= 15 is 0 Å². The summed E-state index contributed by atoms with van der Waals surface area (Å²) in [4.78, 5) is 14.9. The van der Waals surface area contributed by atoms with Crippen molar-refractivity contribution in [1.29, 1.82) is 0 Å². The number of benzene rings is 2. The Labute approximate surface area is 186 Å². The standard InChI is InChI=1S/C25H26FN3O3/c1-16(2)29-22-17-7-4-5-10-21(17)32-25(19(22)15-27-29)11-13-28(14-12-25)24(30)18-8-6-9-20(26)23(18)31-3/h4-10,15-16H,11-14H2,1-3H3. The third-order valence-corrected chi connectivity index (χ3v) is 6.48. The number of rotatable bonds is 3. The highest BCUT2D eigenvalue weighted by Gasteiger charge is 2.46. The molecule has 7 heteroatoms. The summed E-state index contributed by atoms with van der Waals surface area (Å²) < 4.78 is 27.9. The fourth-order valence-corrected chi connectivity index (χ4v) is 4.87. The largest absolute Gasteiger partial charge is 0.493 e. The minimum Gasteiger partial charge on any atom is -0.493 e. The van der Waals surface area contributed by atoms with Gasteiger partial charge in [-0.3, -0.25) is 9.48 Å². The van der Waals surface area contributed by atoms with Crippen LogP contribution < -0.4 is 9.47 Å². The third-order valence-electron chi connectivity index (χ3n) is 6.48. The minimum absolute atomic E-state index is 0.0128. The van der Waals surface area contributed by atoms with Crippen LogP contribution in [0.3, 0.4) is 0 Å². The van der Waals surface area contributed by atoms with Gasteiger partial charge in [0.25, 0.3) is 5.91 Å². The van der Waals surface area contributed by atoms with Crippen LogP contribution in [0.4, 0.5) is 4.39 Å². The zero-order valence-corrected chi connectivity index (χ0v) is 18.5. The number of piperidine rings is 1. The van der Waals surface area contributed by atoms with Crippen LogP contribution in [0.1, 0.15) is 48.7 Å². The number of methoxy groups -OCH3 is 1. The summed E-state index contributed by atoms with van der Waals surface area (Å²) in [5.74, 6) is 0.0606. The molecule has 3 aromatic rings. The molecular formula is C25H26FN3O3. The Morgan fingerprint density at radius 3 is 2.62 bits per heavy atom. The van der Waals surface area contributed by atoms with Crippen LogP contribution in [0.2, 0.25) is 0 Å². The first-order chi connectivity index (χ1) is 15.4. The summed E-state index contributed by atoms with van der Waals surface area (Å²) in [5, 5.41) is 4.68. The first kappa shape index (κ1) is 20.5. The molecular weight excluding hydrogens is 409 g/mol. The number of ether oxygens (including phenoxy) is 2. The second kappa shape index (κ2) is 7.65. The van der Waals surface area contributed by atoms with Gasteiger partial charge in [-0.2, -0.15) is 5.10 Å². The number of amides is 1. The van der Waals surface area contributed by atoms with Crippen molar-refractivity contribution in [3.8, 4) is 22.8 Å². The van der Waals surface area contributed by atoms with Gasteiger partial charge in [0.05, 0.1) is 24.6 Å². The van der Waals surface area contributed by atoms with Crippen molar-refractivity contribution in [2.75, 3.05) is 20.2 Å². The summed E-state index contributed by atoms with van der Waals surface area (Å²) in [6, 6.07) is 12.7. The van der Waals surface area contributed by atoms with E-state index in [2.05, 4.69) is 25.0 Å². The Bertz CT molecular complexity index is 1180. The molecule has 3 heterocycles. The topological polar surface area (TPSA) is 56.6 Å². The summed E-state index contributed by atoms with van der Waals surface area (Å²) in [6.07, 6.45) is 3.17. The Morgan fingerprint density at radius 1 is 1.16 bits per heavy atom. The number of para-hydroxylation sites is 2. The van der Waals surface area contributed by atoms with E-state index in [9.17, 15) is 9.18 Å². The normalized spacial score (nSPS) is 16.5. The van der Waals surface area contributed by atoms with Crippen molar-refractivity contribution in [1.82, 2.24) is 14.7 Å². The lowest BCUT2D eigenvalue weighted by molar-refractivity contribution is -0.00186. The molecule has 1 spiro atoms. The molecule has 0 bridgehead atoms. The molecule has 1 fully saturated rings. The molecule has 0 atom stereocenters. The quantitative estimate of drug-likeness (QED) is 0.593. The van der Waals surface area contributed by atoms with Gasteiger partial charge in [-0.1, -0.05) is 18.2 Å². The van der Waals surface area contributed by atoms with Crippen LogP contribution in [-0.4, -0.2) is 40.8 Å². The van der Waals surface area contributed by atoms with E-state index in [4.69, 9.17) is 9.47 Å². The lowest BCUT2D eigenvalue weighted by Crippen LogP contribution is -2.49. The molecule has 0 saturated carbocycles. The number of hydrogen-bond acceptors (Lipinski definition) is 4. The summed E-state index contributed by atoms with van der Waals surface area (Å²) in [5.41, 5.74) is 2.90. The van der Waals surface area contributed by atoms with Crippen molar-refractivity contribution in [3.63, 3.8) is 0 Å². The van der Waals surface area contributed by atoms with E-state index in [1.807, 2.05) is 29.1 Å². The molecule has 5 rings (SSSR count). The third kappa shape index (κ3) is 3.06. The van der Waals surface area contributed by atoms with Crippen LogP contribution in [-0.2, 0) is 5.60 Å². The van der Waals surface area contributed by atoms with E-state index in [1.165, 1.54) is 19.2 Å². The maximum atomic E-state index is 14.1. The lowest BCUT2D eigenvalue weighted by Gasteiger charge is -2.44. The van der Waals surface area contributed by atoms with E-state index in [1.54, 1.807) is 11.0 Å². The van der Waals surface area contributed by atoms with Crippen LogP contribution >= 0.6 is 0 Å². The summed E-state index contributed by atoms with van der Waals surface area (Å²) in [7, 11) is 1.38. The maximum Gasteiger partial charge on any atom is 0.257 e. The van der Waals surface area contributed by atoms with Gasteiger partial charge in [-0.15, -0.1) is 0 Å². The molecule has 2 aliphatic heterocycles. The van der Waals surface area contributed by atoms with Crippen molar-refractivity contribution < 1.29 is 18.7 Å². The van der Waals surface area contributed by atoms with Gasteiger partial charge in [0, 0.05) is 43.1 Å². The van der Waals surface area contributed by atoms with Crippen molar-refractivity contribution in [2.45, 2.75) is 38.3 Å². The zero-order chi connectivity index (χ0) is 22.5. The fourth-order valence-electron chi connectivity index (χ4n) is 4.87. The first-order valence-corrected chi connectivity index (χ1v) is 10.9. The van der Waals surface area contributed by atoms with Gasteiger partial charge >= 0.3 is 0 Å². The van der Waals surface area contributed by atoms with Crippen molar-refractivity contribution >= 4 is 5.91 Å². The minimum atomic E-state index is -0.542. The highest BCUT2D eigenvalue weighted by Crippen LogP contribution is 2.50. The molecule has 6 nitrogen and oxygen atoms in total. The fraction of sp³-hybridized carbons (Fsp3) is 0.360. The monoisotopic (exact) mass is 435 g/mol. The van der Waals surface area contributed by atoms with Crippen molar-refractivity contribution in [3.05, 3.63) is 65.6 Å². The molecule has 1 amide bonds. The van der Waals surface area contributed by atoms with Gasteiger partial charge in [0.2, 0.25) is 0 Å². The Balaban J connectivity index is 1.46. The van der Waals surface area contributed by atoms with Gasteiger partial charge in [0.1, 0.15) is 11.4 Å². The Kier molecular flexibility index (Phi) is 4.92. The number of likely N-dealkylation sites (tertiary alicyclic amines) is 1. The van der Waals surface area contributed by atoms with Crippen LogP contribution in [0.5, 0.6) is 11.5 Å². The number of aromatic nitrogens is 2. The number of halogens is 1. The van der Waals surface area contributed by atoms with Crippen LogP contribution in [0.25, 0.3) is 11.3 Å². The number of carbonyl (C=O) groups is 1. The molecule has 32 heavy (non-hydrogen) atoms. The maximum absolute atomic E-state index is 14.1. The SMILES string of the molecule is COc1c(F)cccc1C(=O)N1CCC2(CC1)Oc1ccccc1-c1c2cnn1C(C)C. The Hall–Kier alpha value is -3.35. The highest BCUT2D eigenvalue weighted by molar-refractivity contribution is 5.97. The average molecular weight is 435 g/mol. The van der Waals surface area contributed by atoms with Crippen molar-refractivity contribution in [2.24, 2.45) is 0 Å². The molecule has 0 N–H and O–H groups in total. The molecule has 2 aromatic carbocycles. The predicted molar refractivity (Wildman–Crippen MR) is 118 cm³/mol. The second-order valence-electron chi connectivity index (χ2n) is 8.65. The Morgan fingerprint density at radius 2 is 1.91 bits per heavy atom. The second-order valence-corrected chi connectivity index (χ2v) is 8.65. The summed E-state index contributed by atoms with van der Waals surface area (Å²) in [6.45, 7) is 5.22. The summed E-state index contributed by atoms with van der Waals surface area (Å²) >= 11 is 0. The smallest absolute Gasteiger partial charge is 0.257 e. The first-order valence-electron chi connectivity index (χ1n) is 10.9. The zero-order valence-electron chi connectivity index (χ0n) is 18.5. The molecule has 0 radical (unpaired) electrons. The lowest BCUT2D eigenvalue weighted by atomic mass is 9.80. The predicted octanol–water partition coefficient (Wildman–Crippen LogP) is 4.80. The number of hydrogen-bond donors (Lipinski definition) is 0.